The number of carbonyl (C=O) groups excluding carboxylic acids is 2. The van der Waals surface area contributed by atoms with Crippen molar-refractivity contribution in [3.05, 3.63) is 58.7 Å². The van der Waals surface area contributed by atoms with E-state index in [1.165, 1.54) is 0 Å². The van der Waals surface area contributed by atoms with Gasteiger partial charge in [-0.15, -0.1) is 0 Å². The molecule has 0 aliphatic carbocycles. The van der Waals surface area contributed by atoms with Crippen LogP contribution in [-0.4, -0.2) is 34.0 Å². The monoisotopic (exact) mass is 332 g/mol. The number of primary amides is 2. The third kappa shape index (κ3) is 6.14. The number of benzene rings is 1. The predicted molar refractivity (Wildman–Crippen MR) is 83.7 cm³/mol. The zero-order chi connectivity index (χ0) is 18.3. The number of carboxylic acid groups (broad SMARTS) is 2. The normalized spacial score (nSPS) is 11.8. The summed E-state index contributed by atoms with van der Waals surface area (Å²) in [6, 6.07) is 6.44. The van der Waals surface area contributed by atoms with Crippen LogP contribution in [0.2, 0.25) is 0 Å². The summed E-state index contributed by atoms with van der Waals surface area (Å²) in [6.45, 7) is 0. The lowest BCUT2D eigenvalue weighted by Crippen LogP contribution is -2.13. The van der Waals surface area contributed by atoms with Gasteiger partial charge in [-0.25, -0.2) is 9.59 Å². The van der Waals surface area contributed by atoms with Crippen LogP contribution in [0.4, 0.5) is 0 Å². The van der Waals surface area contributed by atoms with Gasteiger partial charge in [0.1, 0.15) is 0 Å². The largest absolute Gasteiger partial charge is 0.478 e. The van der Waals surface area contributed by atoms with Crippen molar-refractivity contribution in [3.63, 3.8) is 0 Å². The Morgan fingerprint density at radius 2 is 1.21 bits per heavy atom. The van der Waals surface area contributed by atoms with Gasteiger partial charge in [0.2, 0.25) is 11.8 Å². The van der Waals surface area contributed by atoms with Crippen molar-refractivity contribution >= 4 is 23.8 Å². The molecule has 0 heterocycles. The Bertz CT molecular complexity index is 689. The molecule has 8 heteroatoms. The molecule has 126 valence electrons. The molecular weight excluding hydrogens is 316 g/mol. The van der Waals surface area contributed by atoms with Crippen molar-refractivity contribution in [2.45, 2.75) is 12.8 Å². The van der Waals surface area contributed by atoms with Gasteiger partial charge >= 0.3 is 11.9 Å². The Kier molecular flexibility index (Phi) is 6.42. The number of carboxylic acids is 2. The molecule has 1 aromatic carbocycles. The van der Waals surface area contributed by atoms with Crippen molar-refractivity contribution in [1.82, 2.24) is 0 Å². The van der Waals surface area contributed by atoms with Crippen LogP contribution in [0.3, 0.4) is 0 Å². The number of hydrogen-bond donors (Lipinski definition) is 4. The van der Waals surface area contributed by atoms with Crippen LogP contribution >= 0.6 is 0 Å². The molecule has 0 atom stereocenters. The van der Waals surface area contributed by atoms with Gasteiger partial charge in [-0.2, -0.15) is 0 Å². The summed E-state index contributed by atoms with van der Waals surface area (Å²) >= 11 is 0. The first-order valence-electron chi connectivity index (χ1n) is 6.73. The standard InChI is InChI=1S/C16H16N2O6/c17-13(19)7-11(15(21)22)5-9-2-1-3-10(4-9)6-12(16(23)24)8-14(18)20/h1-4,7-8H,5-6H2,(H2,17,19)(H2,18,20)(H,21,22)(H,23,24)/b11-7+,12-8+. The maximum atomic E-state index is 11.1. The van der Waals surface area contributed by atoms with E-state index in [9.17, 15) is 19.2 Å². The summed E-state index contributed by atoms with van der Waals surface area (Å²) in [6.07, 6.45) is 1.53. The Labute approximate surface area is 137 Å². The molecule has 2 amide bonds. The molecule has 24 heavy (non-hydrogen) atoms. The van der Waals surface area contributed by atoms with Crippen molar-refractivity contribution in [1.29, 1.82) is 0 Å². The first-order valence-corrected chi connectivity index (χ1v) is 6.73. The minimum absolute atomic E-state index is 0.0615. The van der Waals surface area contributed by atoms with Crippen molar-refractivity contribution in [2.75, 3.05) is 0 Å². The van der Waals surface area contributed by atoms with E-state index in [2.05, 4.69) is 0 Å². The lowest BCUT2D eigenvalue weighted by atomic mass is 9.98. The quantitative estimate of drug-likeness (QED) is 0.480. The Morgan fingerprint density at radius 1 is 0.833 bits per heavy atom. The van der Waals surface area contributed by atoms with E-state index >= 15 is 0 Å². The lowest BCUT2D eigenvalue weighted by molar-refractivity contribution is -0.133. The molecule has 0 spiro atoms. The number of rotatable bonds is 8. The minimum Gasteiger partial charge on any atom is -0.478 e. The van der Waals surface area contributed by atoms with Crippen molar-refractivity contribution in [2.24, 2.45) is 11.5 Å². The third-order valence-corrected chi connectivity index (χ3v) is 2.96. The average molecular weight is 332 g/mol. The highest BCUT2D eigenvalue weighted by Crippen LogP contribution is 2.14. The number of aliphatic carboxylic acids is 2. The lowest BCUT2D eigenvalue weighted by Gasteiger charge is -2.07. The molecule has 0 aliphatic rings. The molecule has 0 bridgehead atoms. The fraction of sp³-hybridized carbons (Fsp3) is 0.125. The number of carbonyl (C=O) groups is 4. The number of nitrogens with two attached hydrogens (primary N) is 2. The van der Waals surface area contributed by atoms with Crippen LogP contribution in [0.25, 0.3) is 0 Å². The highest BCUT2D eigenvalue weighted by molar-refractivity contribution is 5.97. The molecule has 0 unspecified atom stereocenters. The second-order valence-electron chi connectivity index (χ2n) is 4.93. The second kappa shape index (κ2) is 8.28. The highest BCUT2D eigenvalue weighted by atomic mass is 16.4. The van der Waals surface area contributed by atoms with Crippen molar-refractivity contribution < 1.29 is 29.4 Å². The van der Waals surface area contributed by atoms with Gasteiger partial charge in [0.05, 0.1) is 0 Å². The van der Waals surface area contributed by atoms with E-state index in [4.69, 9.17) is 21.7 Å². The predicted octanol–water partition coefficient (Wildman–Crippen LogP) is -0.236. The maximum absolute atomic E-state index is 11.1. The third-order valence-electron chi connectivity index (χ3n) is 2.96. The van der Waals surface area contributed by atoms with Gasteiger partial charge in [-0.05, 0) is 11.1 Å². The first-order chi connectivity index (χ1) is 11.2. The Hall–Kier alpha value is -3.42. The zero-order valence-corrected chi connectivity index (χ0v) is 12.6. The fourth-order valence-corrected chi connectivity index (χ4v) is 2.01. The van der Waals surface area contributed by atoms with Gasteiger partial charge in [0.15, 0.2) is 0 Å². The number of amides is 2. The van der Waals surface area contributed by atoms with Crippen LogP contribution in [0, 0.1) is 0 Å². The van der Waals surface area contributed by atoms with Crippen LogP contribution in [0.15, 0.2) is 47.6 Å². The highest BCUT2D eigenvalue weighted by Gasteiger charge is 2.13. The topological polar surface area (TPSA) is 161 Å². The van der Waals surface area contributed by atoms with E-state index in [1.807, 2.05) is 0 Å². The van der Waals surface area contributed by atoms with E-state index in [1.54, 1.807) is 24.3 Å². The summed E-state index contributed by atoms with van der Waals surface area (Å²) in [4.78, 5) is 43.9. The molecule has 0 radical (unpaired) electrons. The van der Waals surface area contributed by atoms with E-state index in [0.717, 1.165) is 12.2 Å². The van der Waals surface area contributed by atoms with Crippen molar-refractivity contribution in [3.8, 4) is 0 Å². The van der Waals surface area contributed by atoms with E-state index in [0.29, 0.717) is 11.1 Å². The molecule has 0 saturated heterocycles. The van der Waals surface area contributed by atoms with E-state index in [-0.39, 0.29) is 24.0 Å². The van der Waals surface area contributed by atoms with Gasteiger partial charge in [0, 0.05) is 36.1 Å². The molecule has 6 N–H and O–H groups in total. The van der Waals surface area contributed by atoms with Gasteiger partial charge < -0.3 is 21.7 Å². The summed E-state index contributed by atoms with van der Waals surface area (Å²) in [5.41, 5.74) is 10.6. The van der Waals surface area contributed by atoms with Crippen LogP contribution in [0.5, 0.6) is 0 Å². The first kappa shape index (κ1) is 18.6. The smallest absolute Gasteiger partial charge is 0.332 e. The number of hydrogen-bond acceptors (Lipinski definition) is 4. The van der Waals surface area contributed by atoms with E-state index < -0.39 is 23.8 Å². The molecule has 0 aliphatic heterocycles. The molecule has 0 saturated carbocycles. The molecule has 1 rings (SSSR count). The SMILES string of the molecule is NC(=O)/C=C(\Cc1cccc(C/C(=C\C(N)=O)C(=O)O)c1)C(=O)O. The van der Waals surface area contributed by atoms with Crippen LogP contribution in [-0.2, 0) is 32.0 Å². The summed E-state index contributed by atoms with van der Waals surface area (Å²) in [5.74, 6) is -4.31. The van der Waals surface area contributed by atoms with Crippen LogP contribution in [0.1, 0.15) is 11.1 Å². The molecule has 8 nitrogen and oxygen atoms in total. The Balaban J connectivity index is 3.06. The zero-order valence-electron chi connectivity index (χ0n) is 12.6. The summed E-state index contributed by atoms with van der Waals surface area (Å²) < 4.78 is 0. The Morgan fingerprint density at radius 3 is 1.50 bits per heavy atom. The van der Waals surface area contributed by atoms with Gasteiger partial charge in [0.25, 0.3) is 0 Å². The average Bonchev–Trinajstić information content (AvgIpc) is 2.45. The van der Waals surface area contributed by atoms with Gasteiger partial charge in [-0.3, -0.25) is 9.59 Å². The second-order valence-corrected chi connectivity index (χ2v) is 4.93. The maximum Gasteiger partial charge on any atom is 0.332 e. The van der Waals surface area contributed by atoms with Crippen LogP contribution < -0.4 is 11.5 Å². The minimum atomic E-state index is -1.28. The molecule has 1 aromatic rings. The summed E-state index contributed by atoms with van der Waals surface area (Å²) in [7, 11) is 0. The molecule has 0 fully saturated rings. The summed E-state index contributed by atoms with van der Waals surface area (Å²) in [5, 5.41) is 18.1. The molecule has 0 aromatic heterocycles. The fourth-order valence-electron chi connectivity index (χ4n) is 2.01. The molecular formula is C16H16N2O6. The van der Waals surface area contributed by atoms with Gasteiger partial charge in [-0.1, -0.05) is 24.3 Å².